The third-order valence-corrected chi connectivity index (χ3v) is 3.58. The standard InChI is InChI=1S/C11H19NO4S/c1-11(2,3)16-10(14)12-7-5-6-17-8(7)9(13)15-4/h7-8H,5-6H2,1-4H3,(H,12,14). The molecule has 2 atom stereocenters. The molecule has 1 saturated heterocycles. The fraction of sp³-hybridized carbons (Fsp3) is 0.818. The minimum Gasteiger partial charge on any atom is -0.468 e. The topological polar surface area (TPSA) is 64.6 Å². The molecule has 0 aromatic heterocycles. The number of esters is 1. The quantitative estimate of drug-likeness (QED) is 0.764. The van der Waals surface area contributed by atoms with Gasteiger partial charge in [-0.1, -0.05) is 0 Å². The summed E-state index contributed by atoms with van der Waals surface area (Å²) in [4.78, 5) is 23.0. The maximum Gasteiger partial charge on any atom is 0.407 e. The van der Waals surface area contributed by atoms with Gasteiger partial charge < -0.3 is 14.8 Å². The average Bonchev–Trinajstić information content (AvgIpc) is 2.61. The molecule has 1 amide bonds. The third kappa shape index (κ3) is 4.46. The summed E-state index contributed by atoms with van der Waals surface area (Å²) in [5, 5.41) is 2.39. The van der Waals surface area contributed by atoms with Crippen LogP contribution in [0.25, 0.3) is 0 Å². The minimum absolute atomic E-state index is 0.206. The van der Waals surface area contributed by atoms with E-state index in [1.165, 1.54) is 18.9 Å². The Kier molecular flexibility index (Phi) is 4.68. The minimum atomic E-state index is -0.531. The second-order valence-corrected chi connectivity index (χ2v) is 6.11. The first-order chi connectivity index (χ1) is 7.83. The van der Waals surface area contributed by atoms with Crippen LogP contribution in [0.5, 0.6) is 0 Å². The van der Waals surface area contributed by atoms with Gasteiger partial charge in [0.15, 0.2) is 0 Å². The number of alkyl carbamates (subject to hydrolysis) is 1. The smallest absolute Gasteiger partial charge is 0.407 e. The summed E-state index contributed by atoms with van der Waals surface area (Å²) in [5.74, 6) is 0.536. The second-order valence-electron chi connectivity index (χ2n) is 4.86. The summed E-state index contributed by atoms with van der Waals surface area (Å²) in [7, 11) is 1.35. The van der Waals surface area contributed by atoms with E-state index in [1.807, 2.05) is 0 Å². The maximum atomic E-state index is 11.6. The van der Waals surface area contributed by atoms with Gasteiger partial charge in [0.25, 0.3) is 0 Å². The number of rotatable bonds is 2. The van der Waals surface area contributed by atoms with Crippen LogP contribution in [-0.2, 0) is 14.3 Å². The van der Waals surface area contributed by atoms with Crippen molar-refractivity contribution in [3.8, 4) is 0 Å². The lowest BCUT2D eigenvalue weighted by molar-refractivity contribution is -0.140. The fourth-order valence-corrected chi connectivity index (χ4v) is 2.86. The molecule has 0 radical (unpaired) electrons. The molecular formula is C11H19NO4S. The number of ether oxygens (including phenoxy) is 2. The van der Waals surface area contributed by atoms with Gasteiger partial charge in [-0.2, -0.15) is 0 Å². The predicted molar refractivity (Wildman–Crippen MR) is 66.0 cm³/mol. The van der Waals surface area contributed by atoms with Gasteiger partial charge in [0.05, 0.1) is 13.2 Å². The Morgan fingerprint density at radius 2 is 2.00 bits per heavy atom. The summed E-state index contributed by atoms with van der Waals surface area (Å²) in [6.45, 7) is 5.40. The van der Waals surface area contributed by atoms with Crippen molar-refractivity contribution in [2.45, 2.75) is 44.1 Å². The van der Waals surface area contributed by atoms with E-state index >= 15 is 0 Å². The molecule has 1 aliphatic rings. The molecule has 1 rings (SSSR count). The number of thioether (sulfide) groups is 1. The lowest BCUT2D eigenvalue weighted by Crippen LogP contribution is -2.45. The second kappa shape index (κ2) is 5.62. The van der Waals surface area contributed by atoms with Gasteiger partial charge in [0.1, 0.15) is 10.9 Å². The number of hydrogen-bond donors (Lipinski definition) is 1. The summed E-state index contributed by atoms with van der Waals surface area (Å²) in [6, 6.07) is -0.206. The SMILES string of the molecule is COC(=O)C1SCCC1NC(=O)OC(C)(C)C. The largest absolute Gasteiger partial charge is 0.468 e. The highest BCUT2D eigenvalue weighted by molar-refractivity contribution is 8.00. The molecule has 0 aliphatic carbocycles. The summed E-state index contributed by atoms with van der Waals surface area (Å²) >= 11 is 1.50. The fourth-order valence-electron chi connectivity index (χ4n) is 1.54. The van der Waals surface area contributed by atoms with Crippen molar-refractivity contribution >= 4 is 23.8 Å². The van der Waals surface area contributed by atoms with Crippen molar-refractivity contribution in [2.24, 2.45) is 0 Å². The number of hydrogen-bond acceptors (Lipinski definition) is 5. The highest BCUT2D eigenvalue weighted by Crippen LogP contribution is 2.28. The van der Waals surface area contributed by atoms with Crippen LogP contribution in [-0.4, -0.2) is 41.8 Å². The van der Waals surface area contributed by atoms with Crippen molar-refractivity contribution in [1.82, 2.24) is 5.32 Å². The Labute approximate surface area is 106 Å². The van der Waals surface area contributed by atoms with Gasteiger partial charge in [0.2, 0.25) is 0 Å². The van der Waals surface area contributed by atoms with Crippen LogP contribution >= 0.6 is 11.8 Å². The Morgan fingerprint density at radius 1 is 1.35 bits per heavy atom. The van der Waals surface area contributed by atoms with Gasteiger partial charge in [-0.15, -0.1) is 11.8 Å². The molecule has 0 aromatic rings. The molecule has 17 heavy (non-hydrogen) atoms. The van der Waals surface area contributed by atoms with Crippen LogP contribution in [0.2, 0.25) is 0 Å². The van der Waals surface area contributed by atoms with Gasteiger partial charge in [-0.3, -0.25) is 4.79 Å². The Hall–Kier alpha value is -0.910. The van der Waals surface area contributed by atoms with E-state index in [4.69, 9.17) is 9.47 Å². The molecule has 1 aliphatic heterocycles. The third-order valence-electron chi connectivity index (χ3n) is 2.23. The molecule has 0 spiro atoms. The lowest BCUT2D eigenvalue weighted by Gasteiger charge is -2.23. The molecule has 1 heterocycles. The zero-order chi connectivity index (χ0) is 13.1. The number of methoxy groups -OCH3 is 1. The van der Waals surface area contributed by atoms with E-state index in [-0.39, 0.29) is 17.3 Å². The first-order valence-corrected chi connectivity index (χ1v) is 6.57. The molecule has 98 valence electrons. The number of carbonyl (C=O) groups excluding carboxylic acids is 2. The van der Waals surface area contributed by atoms with Crippen LogP contribution in [0.1, 0.15) is 27.2 Å². The molecule has 0 saturated carbocycles. The molecule has 6 heteroatoms. The Morgan fingerprint density at radius 3 is 2.53 bits per heavy atom. The van der Waals surface area contributed by atoms with Gasteiger partial charge in [-0.25, -0.2) is 4.79 Å². The number of nitrogens with one attached hydrogen (secondary N) is 1. The Bertz CT molecular complexity index is 300. The maximum absolute atomic E-state index is 11.6. The monoisotopic (exact) mass is 261 g/mol. The van der Waals surface area contributed by atoms with E-state index in [1.54, 1.807) is 20.8 Å². The normalized spacial score (nSPS) is 24.2. The molecular weight excluding hydrogens is 242 g/mol. The van der Waals surface area contributed by atoms with Crippen LogP contribution in [0, 0.1) is 0 Å². The van der Waals surface area contributed by atoms with Gasteiger partial charge in [0, 0.05) is 0 Å². The first kappa shape index (κ1) is 14.2. The van der Waals surface area contributed by atoms with Crippen molar-refractivity contribution in [1.29, 1.82) is 0 Å². The number of carbonyl (C=O) groups is 2. The van der Waals surface area contributed by atoms with Crippen LogP contribution in [0.3, 0.4) is 0 Å². The van der Waals surface area contributed by atoms with E-state index in [0.717, 1.165) is 12.2 Å². The first-order valence-electron chi connectivity index (χ1n) is 5.52. The summed E-state index contributed by atoms with van der Waals surface area (Å²) < 4.78 is 9.84. The summed E-state index contributed by atoms with van der Waals surface area (Å²) in [6.07, 6.45) is 0.267. The summed E-state index contributed by atoms with van der Waals surface area (Å²) in [5.41, 5.74) is -0.531. The van der Waals surface area contributed by atoms with E-state index in [2.05, 4.69) is 5.32 Å². The molecule has 5 nitrogen and oxygen atoms in total. The van der Waals surface area contributed by atoms with Gasteiger partial charge >= 0.3 is 12.1 Å². The zero-order valence-corrected chi connectivity index (χ0v) is 11.4. The lowest BCUT2D eigenvalue weighted by atomic mass is 10.1. The average molecular weight is 261 g/mol. The highest BCUT2D eigenvalue weighted by atomic mass is 32.2. The van der Waals surface area contributed by atoms with Crippen LogP contribution in [0.15, 0.2) is 0 Å². The van der Waals surface area contributed by atoms with Crippen molar-refractivity contribution in [3.05, 3.63) is 0 Å². The molecule has 2 unspecified atom stereocenters. The zero-order valence-electron chi connectivity index (χ0n) is 10.6. The highest BCUT2D eigenvalue weighted by Gasteiger charge is 2.36. The molecule has 1 N–H and O–H groups in total. The molecule has 0 aromatic carbocycles. The Balaban J connectivity index is 2.50. The van der Waals surface area contributed by atoms with Crippen molar-refractivity contribution in [2.75, 3.05) is 12.9 Å². The number of amides is 1. The van der Waals surface area contributed by atoms with E-state index in [9.17, 15) is 9.59 Å². The van der Waals surface area contributed by atoms with Crippen LogP contribution in [0.4, 0.5) is 4.79 Å². The predicted octanol–water partition coefficient (Wildman–Crippen LogP) is 1.56. The van der Waals surface area contributed by atoms with Crippen molar-refractivity contribution in [3.63, 3.8) is 0 Å². The van der Waals surface area contributed by atoms with E-state index < -0.39 is 11.7 Å². The van der Waals surface area contributed by atoms with Crippen molar-refractivity contribution < 1.29 is 19.1 Å². The molecule has 1 fully saturated rings. The van der Waals surface area contributed by atoms with Crippen LogP contribution < -0.4 is 5.32 Å². The van der Waals surface area contributed by atoms with E-state index in [0.29, 0.717) is 0 Å². The van der Waals surface area contributed by atoms with Gasteiger partial charge in [-0.05, 0) is 32.9 Å². The molecule has 0 bridgehead atoms.